The molecule has 0 aliphatic rings. The second-order valence-electron chi connectivity index (χ2n) is 3.86. The van der Waals surface area contributed by atoms with E-state index >= 15 is 0 Å². The summed E-state index contributed by atoms with van der Waals surface area (Å²) < 4.78 is 98.7. The quantitative estimate of drug-likeness (QED) is 0.613. The van der Waals surface area contributed by atoms with E-state index in [-0.39, 0.29) is 0 Å². The van der Waals surface area contributed by atoms with Gasteiger partial charge in [0.05, 0.1) is 6.04 Å². The fourth-order valence-corrected chi connectivity index (χ4v) is 1.56. The average molecular weight is 331 g/mol. The second kappa shape index (κ2) is 6.16. The summed E-state index contributed by atoms with van der Waals surface area (Å²) in [6.07, 6.45) is -4.86. The molecule has 0 amide bonds. The first-order valence-corrected chi connectivity index (χ1v) is 6.48. The van der Waals surface area contributed by atoms with Crippen molar-refractivity contribution in [2.75, 3.05) is 6.61 Å². The van der Waals surface area contributed by atoms with Crippen LogP contribution in [0.1, 0.15) is 13.8 Å². The molecule has 0 fully saturated rings. The van der Waals surface area contributed by atoms with Crippen LogP contribution in [0.25, 0.3) is 0 Å². The first-order chi connectivity index (χ1) is 8.68. The molecule has 120 valence electrons. The normalized spacial score (nSPS) is 16.6. The molecule has 0 aliphatic carbocycles. The van der Waals surface area contributed by atoms with Gasteiger partial charge in [-0.3, -0.25) is 4.79 Å². The Kier molecular flexibility index (Phi) is 5.84. The molecule has 0 rings (SSSR count). The average Bonchev–Trinajstić information content (AvgIpc) is 2.21. The molecule has 1 N–H and O–H groups in total. The Balaban J connectivity index is 4.46. The summed E-state index contributed by atoms with van der Waals surface area (Å²) in [7, 11) is -5.66. The van der Waals surface area contributed by atoms with Gasteiger partial charge in [0.1, 0.15) is 12.5 Å². The molecule has 0 heterocycles. The van der Waals surface area contributed by atoms with E-state index < -0.39 is 46.2 Å². The Morgan fingerprint density at radius 2 is 1.60 bits per heavy atom. The molecule has 0 bridgehead atoms. The molecule has 0 saturated carbocycles. The maximum atomic E-state index is 12.1. The minimum atomic E-state index is -5.66. The summed E-state index contributed by atoms with van der Waals surface area (Å²) in [5.74, 6) is -4.18. The molecule has 12 heteroatoms. The Bertz CT molecular complexity index is 443. The highest BCUT2D eigenvalue weighted by Crippen LogP contribution is 2.26. The number of hydrogen-bond donors (Lipinski definition) is 1. The Hall–Kier alpha value is -1.04. The van der Waals surface area contributed by atoms with Gasteiger partial charge in [-0.2, -0.15) is 26.3 Å². The van der Waals surface area contributed by atoms with E-state index in [4.69, 9.17) is 0 Å². The zero-order chi connectivity index (χ0) is 16.4. The van der Waals surface area contributed by atoms with Crippen molar-refractivity contribution in [3.63, 3.8) is 0 Å². The fraction of sp³-hybridized carbons (Fsp3) is 0.875. The predicted octanol–water partition coefficient (Wildman–Crippen LogP) is 1.56. The van der Waals surface area contributed by atoms with Crippen LogP contribution in [0.3, 0.4) is 0 Å². The Morgan fingerprint density at radius 3 is 1.95 bits per heavy atom. The third kappa shape index (κ3) is 5.53. The van der Waals surface area contributed by atoms with Gasteiger partial charge in [0.25, 0.3) is 0 Å². The van der Waals surface area contributed by atoms with Crippen molar-refractivity contribution in [3.8, 4) is 0 Å². The minimum Gasteiger partial charge on any atom is -0.464 e. The van der Waals surface area contributed by atoms with Crippen LogP contribution < -0.4 is 4.72 Å². The molecule has 0 saturated heterocycles. The van der Waals surface area contributed by atoms with Crippen LogP contribution in [0.2, 0.25) is 0 Å². The third-order valence-corrected chi connectivity index (χ3v) is 3.30. The van der Waals surface area contributed by atoms with Crippen molar-refractivity contribution in [2.45, 2.75) is 31.6 Å². The van der Waals surface area contributed by atoms with E-state index in [0.717, 1.165) is 11.6 Å². The first-order valence-electron chi connectivity index (χ1n) is 5.00. The van der Waals surface area contributed by atoms with Crippen LogP contribution >= 0.6 is 0 Å². The lowest BCUT2D eigenvalue weighted by molar-refractivity contribution is -0.194. The molecule has 2 atom stereocenters. The lowest BCUT2D eigenvalue weighted by atomic mass is 10.2. The summed E-state index contributed by atoms with van der Waals surface area (Å²) in [4.78, 5) is 10.9. The topological polar surface area (TPSA) is 72.5 Å². The monoisotopic (exact) mass is 331 g/mol. The Morgan fingerprint density at radius 1 is 1.15 bits per heavy atom. The zero-order valence-electron chi connectivity index (χ0n) is 10.2. The van der Waals surface area contributed by atoms with E-state index in [1.54, 1.807) is 0 Å². The number of hydrogen-bond acceptors (Lipinski definition) is 4. The second-order valence-corrected chi connectivity index (χ2v) is 5.57. The van der Waals surface area contributed by atoms with Crippen molar-refractivity contribution < 1.29 is 44.3 Å². The number of nitrogens with one attached hydrogen (secondary N) is 1. The highest BCUT2D eigenvalue weighted by Gasteiger charge is 2.46. The first kappa shape index (κ1) is 19.0. The molecule has 0 aromatic rings. The molecular formula is C8H11F6NO4S. The molecule has 20 heavy (non-hydrogen) atoms. The van der Waals surface area contributed by atoms with Crippen LogP contribution in [-0.2, 0) is 19.6 Å². The predicted molar refractivity (Wildman–Crippen MR) is 53.8 cm³/mol. The van der Waals surface area contributed by atoms with Gasteiger partial charge in [-0.25, -0.2) is 13.1 Å². The number of alkyl halides is 6. The van der Waals surface area contributed by atoms with Gasteiger partial charge >= 0.3 is 27.7 Å². The number of rotatable bonds is 5. The molecular weight excluding hydrogens is 320 g/mol. The molecule has 0 radical (unpaired) electrons. The fourth-order valence-electron chi connectivity index (χ4n) is 0.831. The number of sulfonamides is 1. The maximum Gasteiger partial charge on any atom is 0.511 e. The molecule has 2 unspecified atom stereocenters. The van der Waals surface area contributed by atoms with Crippen molar-refractivity contribution in [1.82, 2.24) is 4.72 Å². The molecule has 0 spiro atoms. The van der Waals surface area contributed by atoms with E-state index in [1.807, 2.05) is 0 Å². The van der Waals surface area contributed by atoms with Crippen molar-refractivity contribution >= 4 is 16.0 Å². The van der Waals surface area contributed by atoms with E-state index in [9.17, 15) is 39.6 Å². The van der Waals surface area contributed by atoms with Crippen molar-refractivity contribution in [1.29, 1.82) is 0 Å². The van der Waals surface area contributed by atoms with E-state index in [2.05, 4.69) is 4.74 Å². The zero-order valence-corrected chi connectivity index (χ0v) is 11.0. The number of halogens is 6. The van der Waals surface area contributed by atoms with Gasteiger partial charge in [0, 0.05) is 0 Å². The van der Waals surface area contributed by atoms with Gasteiger partial charge < -0.3 is 4.74 Å². The minimum absolute atomic E-state index is 0.507. The lowest BCUT2D eigenvalue weighted by Gasteiger charge is -2.18. The van der Waals surface area contributed by atoms with Gasteiger partial charge in [0.2, 0.25) is 0 Å². The van der Waals surface area contributed by atoms with Crippen LogP contribution in [-0.4, -0.2) is 38.7 Å². The van der Waals surface area contributed by atoms with Gasteiger partial charge in [-0.1, -0.05) is 0 Å². The van der Waals surface area contributed by atoms with Crippen molar-refractivity contribution in [3.05, 3.63) is 0 Å². The van der Waals surface area contributed by atoms with Gasteiger partial charge in [0.15, 0.2) is 0 Å². The SMILES string of the molecule is CC(COC(=O)C(C)C(F)(F)F)NS(=O)(=O)C(F)(F)F. The van der Waals surface area contributed by atoms with Gasteiger partial charge in [-0.05, 0) is 13.8 Å². The standard InChI is InChI=1S/C8H11F6NO4S/c1-4(15-20(17,18)8(12,13)14)3-19-6(16)5(2)7(9,10)11/h4-5,15H,3H2,1-2H3. The number of carbonyl (C=O) groups excluding carboxylic acids is 1. The summed E-state index contributed by atoms with van der Waals surface area (Å²) in [5.41, 5.74) is -5.56. The van der Waals surface area contributed by atoms with E-state index in [1.165, 1.54) is 0 Å². The van der Waals surface area contributed by atoms with Gasteiger partial charge in [-0.15, -0.1) is 0 Å². The highest BCUT2D eigenvalue weighted by molar-refractivity contribution is 7.90. The van der Waals surface area contributed by atoms with E-state index in [0.29, 0.717) is 6.92 Å². The maximum absolute atomic E-state index is 12.1. The summed E-state index contributed by atoms with van der Waals surface area (Å²) >= 11 is 0. The molecule has 0 aromatic heterocycles. The molecule has 0 aliphatic heterocycles. The van der Waals surface area contributed by atoms with Crippen LogP contribution in [0, 0.1) is 5.92 Å². The largest absolute Gasteiger partial charge is 0.511 e. The lowest BCUT2D eigenvalue weighted by Crippen LogP contribution is -2.44. The number of ether oxygens (including phenoxy) is 1. The summed E-state index contributed by atoms with van der Waals surface area (Å²) in [6.45, 7) is 0.441. The van der Waals surface area contributed by atoms with Crippen LogP contribution in [0.15, 0.2) is 0 Å². The molecule has 0 aromatic carbocycles. The Labute approximate surface area is 110 Å². The number of esters is 1. The van der Waals surface area contributed by atoms with Crippen LogP contribution in [0.4, 0.5) is 26.3 Å². The summed E-state index contributed by atoms with van der Waals surface area (Å²) in [6, 6.07) is -1.54. The third-order valence-electron chi connectivity index (χ3n) is 1.98. The number of carbonyl (C=O) groups is 1. The molecule has 5 nitrogen and oxygen atoms in total. The van der Waals surface area contributed by atoms with Crippen LogP contribution in [0.5, 0.6) is 0 Å². The highest BCUT2D eigenvalue weighted by atomic mass is 32.2. The van der Waals surface area contributed by atoms with Crippen molar-refractivity contribution in [2.24, 2.45) is 5.92 Å². The summed E-state index contributed by atoms with van der Waals surface area (Å²) in [5, 5.41) is 0. The smallest absolute Gasteiger partial charge is 0.464 e.